The molecule has 2 aromatic carbocycles. The van der Waals surface area contributed by atoms with Crippen LogP contribution in [0, 0.1) is 6.92 Å². The molecule has 4 rings (SSSR count). The standard InChI is InChI=1S/C24H25N3O3S/c1-5-13-30-19-12-11-17(14-20(19)29-4)22-21-15(2)26-27(18-9-7-6-8-10-18)23(21)25-24(28)16(3)31-22/h5-12,14,16,22H,1,13H2,2-4H3,(H,25,28)/t16-,22+/m0/s1. The lowest BCUT2D eigenvalue weighted by Gasteiger charge is -2.19. The largest absolute Gasteiger partial charge is 0.493 e. The smallest absolute Gasteiger partial charge is 0.238 e. The van der Waals surface area contributed by atoms with Gasteiger partial charge in [0, 0.05) is 5.56 Å². The van der Waals surface area contributed by atoms with Crippen LogP contribution in [0.5, 0.6) is 11.5 Å². The second-order valence-electron chi connectivity index (χ2n) is 7.25. The predicted octanol–water partition coefficient (Wildman–Crippen LogP) is 4.92. The van der Waals surface area contributed by atoms with Gasteiger partial charge in [-0.1, -0.05) is 36.9 Å². The van der Waals surface area contributed by atoms with E-state index in [2.05, 4.69) is 11.9 Å². The van der Waals surface area contributed by atoms with Crippen LogP contribution in [-0.4, -0.2) is 34.7 Å². The summed E-state index contributed by atoms with van der Waals surface area (Å²) in [7, 11) is 1.62. The van der Waals surface area contributed by atoms with Crippen LogP contribution in [0.4, 0.5) is 5.82 Å². The van der Waals surface area contributed by atoms with Crippen molar-refractivity contribution in [1.29, 1.82) is 0 Å². The summed E-state index contributed by atoms with van der Waals surface area (Å²) < 4.78 is 13.1. The molecule has 1 N–H and O–H groups in total. The molecule has 7 heteroatoms. The Labute approximate surface area is 186 Å². The number of carbonyl (C=O) groups is 1. The van der Waals surface area contributed by atoms with Gasteiger partial charge in [0.2, 0.25) is 5.91 Å². The molecule has 0 bridgehead atoms. The lowest BCUT2D eigenvalue weighted by atomic mass is 10.0. The topological polar surface area (TPSA) is 65.4 Å². The summed E-state index contributed by atoms with van der Waals surface area (Å²) in [6.45, 7) is 7.99. The number of amides is 1. The fraction of sp³-hybridized carbons (Fsp3) is 0.250. The summed E-state index contributed by atoms with van der Waals surface area (Å²) >= 11 is 1.60. The molecule has 160 valence electrons. The van der Waals surface area contributed by atoms with Crippen LogP contribution in [0.3, 0.4) is 0 Å². The molecule has 3 aromatic rings. The first kappa shape index (κ1) is 21.1. The number of benzene rings is 2. The van der Waals surface area contributed by atoms with E-state index in [0.29, 0.717) is 23.9 Å². The van der Waals surface area contributed by atoms with Gasteiger partial charge in [-0.15, -0.1) is 11.8 Å². The number of anilines is 1. The maximum Gasteiger partial charge on any atom is 0.238 e. The number of carbonyl (C=O) groups excluding carboxylic acids is 1. The molecule has 0 aliphatic carbocycles. The van der Waals surface area contributed by atoms with Crippen LogP contribution in [0.1, 0.15) is 29.0 Å². The van der Waals surface area contributed by atoms with Gasteiger partial charge in [-0.25, -0.2) is 4.68 Å². The zero-order valence-corrected chi connectivity index (χ0v) is 18.6. The number of thioether (sulfide) groups is 1. The third kappa shape index (κ3) is 4.05. The first-order valence-electron chi connectivity index (χ1n) is 10.1. The minimum atomic E-state index is -0.233. The van der Waals surface area contributed by atoms with Gasteiger partial charge in [0.25, 0.3) is 0 Å². The Morgan fingerprint density at radius 1 is 1.23 bits per heavy atom. The van der Waals surface area contributed by atoms with Gasteiger partial charge >= 0.3 is 0 Å². The maximum absolute atomic E-state index is 12.8. The Kier molecular flexibility index (Phi) is 6.04. The number of methoxy groups -OCH3 is 1. The Morgan fingerprint density at radius 3 is 2.71 bits per heavy atom. The average molecular weight is 436 g/mol. The fourth-order valence-corrected chi connectivity index (χ4v) is 4.96. The maximum atomic E-state index is 12.8. The molecule has 0 fully saturated rings. The van der Waals surface area contributed by atoms with Crippen LogP contribution in [0.25, 0.3) is 5.69 Å². The number of aromatic nitrogens is 2. The molecular weight excluding hydrogens is 410 g/mol. The van der Waals surface area contributed by atoms with Gasteiger partial charge in [-0.2, -0.15) is 5.10 Å². The number of hydrogen-bond donors (Lipinski definition) is 1. The first-order valence-corrected chi connectivity index (χ1v) is 11.0. The van der Waals surface area contributed by atoms with Gasteiger partial charge in [0.1, 0.15) is 12.4 Å². The summed E-state index contributed by atoms with van der Waals surface area (Å²) in [5.41, 5.74) is 3.79. The van der Waals surface area contributed by atoms with Gasteiger partial charge in [0.15, 0.2) is 11.5 Å². The predicted molar refractivity (Wildman–Crippen MR) is 125 cm³/mol. The van der Waals surface area contributed by atoms with E-state index in [9.17, 15) is 4.79 Å². The SMILES string of the molecule is C=CCOc1ccc([C@H]2S[C@@H](C)C(=O)Nc3c2c(C)nn3-c2ccccc2)cc1OC. The monoisotopic (exact) mass is 435 g/mol. The normalized spacial score (nSPS) is 18.0. The van der Waals surface area contributed by atoms with Crippen molar-refractivity contribution in [2.24, 2.45) is 0 Å². The third-order valence-corrected chi connectivity index (χ3v) is 6.57. The molecule has 6 nitrogen and oxygen atoms in total. The highest BCUT2D eigenvalue weighted by Gasteiger charge is 2.34. The second-order valence-corrected chi connectivity index (χ2v) is 8.70. The highest BCUT2D eigenvalue weighted by atomic mass is 32.2. The molecule has 0 saturated carbocycles. The van der Waals surface area contributed by atoms with Crippen molar-refractivity contribution in [2.75, 3.05) is 19.0 Å². The Morgan fingerprint density at radius 2 is 2.00 bits per heavy atom. The molecule has 0 radical (unpaired) electrons. The Hall–Kier alpha value is -3.19. The molecule has 1 aromatic heterocycles. The molecule has 0 spiro atoms. The molecule has 1 aliphatic rings. The quantitative estimate of drug-likeness (QED) is 0.557. The summed E-state index contributed by atoms with van der Waals surface area (Å²) in [4.78, 5) is 12.8. The van der Waals surface area contributed by atoms with E-state index < -0.39 is 0 Å². The third-order valence-electron chi connectivity index (χ3n) is 5.17. The number of nitrogens with zero attached hydrogens (tertiary/aromatic N) is 2. The van der Waals surface area contributed by atoms with Crippen LogP contribution >= 0.6 is 11.8 Å². The van der Waals surface area contributed by atoms with Crippen molar-refractivity contribution >= 4 is 23.5 Å². The van der Waals surface area contributed by atoms with Crippen LogP contribution in [0.2, 0.25) is 0 Å². The van der Waals surface area contributed by atoms with Crippen molar-refractivity contribution in [1.82, 2.24) is 9.78 Å². The van der Waals surface area contributed by atoms with E-state index in [-0.39, 0.29) is 16.4 Å². The van der Waals surface area contributed by atoms with Gasteiger partial charge < -0.3 is 14.8 Å². The zero-order valence-electron chi connectivity index (χ0n) is 17.8. The number of fused-ring (bicyclic) bond motifs is 1. The summed E-state index contributed by atoms with van der Waals surface area (Å²) in [5.74, 6) is 1.97. The molecule has 1 amide bonds. The van der Waals surface area contributed by atoms with E-state index in [1.54, 1.807) is 24.9 Å². The van der Waals surface area contributed by atoms with Gasteiger partial charge in [0.05, 0.1) is 29.0 Å². The number of hydrogen-bond acceptors (Lipinski definition) is 5. The lowest BCUT2D eigenvalue weighted by Crippen LogP contribution is -2.22. The first-order chi connectivity index (χ1) is 15.0. The number of rotatable bonds is 6. The summed E-state index contributed by atoms with van der Waals surface area (Å²) in [6, 6.07) is 15.7. The minimum absolute atomic E-state index is 0.0382. The second kappa shape index (κ2) is 8.89. The number of aryl methyl sites for hydroxylation is 1. The Bertz CT molecular complexity index is 1110. The van der Waals surface area contributed by atoms with E-state index in [4.69, 9.17) is 14.6 Å². The average Bonchev–Trinajstić information content (AvgIpc) is 3.04. The molecular formula is C24H25N3O3S. The Balaban J connectivity index is 1.84. The van der Waals surface area contributed by atoms with Gasteiger partial charge in [-0.05, 0) is 43.7 Å². The number of nitrogens with one attached hydrogen (secondary N) is 1. The van der Waals surface area contributed by atoms with Crippen molar-refractivity contribution < 1.29 is 14.3 Å². The molecule has 2 heterocycles. The van der Waals surface area contributed by atoms with Crippen molar-refractivity contribution in [3.63, 3.8) is 0 Å². The summed E-state index contributed by atoms with van der Waals surface area (Å²) in [5, 5.41) is 7.54. The van der Waals surface area contributed by atoms with E-state index in [1.807, 2.05) is 67.1 Å². The van der Waals surface area contributed by atoms with E-state index in [0.717, 1.165) is 22.5 Å². The summed E-state index contributed by atoms with van der Waals surface area (Å²) in [6.07, 6.45) is 1.70. The van der Waals surface area contributed by atoms with E-state index in [1.165, 1.54) is 0 Å². The highest BCUT2D eigenvalue weighted by molar-refractivity contribution is 8.01. The highest BCUT2D eigenvalue weighted by Crippen LogP contribution is 2.47. The molecule has 31 heavy (non-hydrogen) atoms. The zero-order chi connectivity index (χ0) is 22.0. The van der Waals surface area contributed by atoms with Crippen LogP contribution < -0.4 is 14.8 Å². The number of para-hydroxylation sites is 1. The van der Waals surface area contributed by atoms with Crippen molar-refractivity contribution in [3.05, 3.63) is 78.0 Å². The minimum Gasteiger partial charge on any atom is -0.493 e. The lowest BCUT2D eigenvalue weighted by molar-refractivity contribution is -0.115. The van der Waals surface area contributed by atoms with Gasteiger partial charge in [-0.3, -0.25) is 4.79 Å². The fourth-order valence-electron chi connectivity index (χ4n) is 3.64. The van der Waals surface area contributed by atoms with Crippen LogP contribution in [-0.2, 0) is 4.79 Å². The molecule has 2 atom stereocenters. The molecule has 0 saturated heterocycles. The number of ether oxygens (including phenoxy) is 2. The van der Waals surface area contributed by atoms with Crippen molar-refractivity contribution in [3.8, 4) is 17.2 Å². The van der Waals surface area contributed by atoms with Crippen molar-refractivity contribution in [2.45, 2.75) is 24.3 Å². The van der Waals surface area contributed by atoms with Crippen LogP contribution in [0.15, 0.2) is 61.2 Å². The van der Waals surface area contributed by atoms with E-state index >= 15 is 0 Å². The molecule has 1 aliphatic heterocycles. The molecule has 0 unspecified atom stereocenters.